The fourth-order valence-electron chi connectivity index (χ4n) is 1.73. The highest BCUT2D eigenvalue weighted by Gasteiger charge is 2.23. The summed E-state index contributed by atoms with van der Waals surface area (Å²) >= 11 is 0. The van der Waals surface area contributed by atoms with Crippen LogP contribution >= 0.6 is 0 Å². The summed E-state index contributed by atoms with van der Waals surface area (Å²) in [5.74, 6) is -0.753. The Morgan fingerprint density at radius 2 is 1.95 bits per heavy atom. The molecule has 1 aromatic carbocycles. The molecule has 0 atom stereocenters. The standard InChI is InChI=1S/C13H19FN2O3S/c1-9-7-10(5-6-11(9)14)12(17)15-8-13(2,3)16-20(4,18)19/h5-7,16H,8H2,1-4H3,(H,15,17). The molecule has 0 radical (unpaired) electrons. The van der Waals surface area contributed by atoms with Gasteiger partial charge in [-0.2, -0.15) is 0 Å². The van der Waals surface area contributed by atoms with Crippen molar-refractivity contribution in [3.05, 3.63) is 35.1 Å². The summed E-state index contributed by atoms with van der Waals surface area (Å²) in [6.45, 7) is 5.01. The quantitative estimate of drug-likeness (QED) is 0.858. The topological polar surface area (TPSA) is 75.3 Å². The van der Waals surface area contributed by atoms with E-state index in [0.29, 0.717) is 11.1 Å². The Morgan fingerprint density at radius 3 is 2.45 bits per heavy atom. The van der Waals surface area contributed by atoms with Gasteiger partial charge in [0.2, 0.25) is 10.0 Å². The maximum atomic E-state index is 13.1. The van der Waals surface area contributed by atoms with E-state index in [1.807, 2.05) is 0 Å². The zero-order valence-electron chi connectivity index (χ0n) is 12.0. The molecule has 0 saturated heterocycles. The lowest BCUT2D eigenvalue weighted by atomic mass is 10.1. The van der Waals surface area contributed by atoms with Crippen LogP contribution in [0.25, 0.3) is 0 Å². The van der Waals surface area contributed by atoms with E-state index in [1.54, 1.807) is 20.8 Å². The number of carbonyl (C=O) groups is 1. The summed E-state index contributed by atoms with van der Waals surface area (Å²) in [6.07, 6.45) is 1.06. The molecule has 0 aliphatic heterocycles. The van der Waals surface area contributed by atoms with Gasteiger partial charge in [-0.15, -0.1) is 0 Å². The van der Waals surface area contributed by atoms with Crippen LogP contribution < -0.4 is 10.0 Å². The maximum Gasteiger partial charge on any atom is 0.251 e. The van der Waals surface area contributed by atoms with E-state index < -0.39 is 15.6 Å². The van der Waals surface area contributed by atoms with E-state index >= 15 is 0 Å². The van der Waals surface area contributed by atoms with Gasteiger partial charge in [0.1, 0.15) is 5.82 Å². The molecule has 112 valence electrons. The lowest BCUT2D eigenvalue weighted by Gasteiger charge is -2.25. The van der Waals surface area contributed by atoms with Crippen molar-refractivity contribution in [1.29, 1.82) is 0 Å². The van der Waals surface area contributed by atoms with Gasteiger partial charge < -0.3 is 5.32 Å². The minimum atomic E-state index is -3.36. The minimum Gasteiger partial charge on any atom is -0.350 e. The highest BCUT2D eigenvalue weighted by molar-refractivity contribution is 7.88. The Hall–Kier alpha value is -1.47. The van der Waals surface area contributed by atoms with Gasteiger partial charge in [0.15, 0.2) is 0 Å². The van der Waals surface area contributed by atoms with Crippen LogP contribution in [0.1, 0.15) is 29.8 Å². The first-order chi connectivity index (χ1) is 9.00. The van der Waals surface area contributed by atoms with Crippen molar-refractivity contribution in [3.63, 3.8) is 0 Å². The van der Waals surface area contributed by atoms with Gasteiger partial charge in [0.05, 0.1) is 6.26 Å². The van der Waals surface area contributed by atoms with E-state index in [2.05, 4.69) is 10.0 Å². The zero-order valence-corrected chi connectivity index (χ0v) is 12.8. The number of hydrogen-bond acceptors (Lipinski definition) is 3. The van der Waals surface area contributed by atoms with Crippen LogP contribution in [0.5, 0.6) is 0 Å². The molecule has 7 heteroatoms. The number of halogens is 1. The molecule has 0 saturated carbocycles. The van der Waals surface area contributed by atoms with E-state index in [1.165, 1.54) is 18.2 Å². The maximum absolute atomic E-state index is 13.1. The van der Waals surface area contributed by atoms with Gasteiger partial charge in [-0.05, 0) is 44.5 Å². The molecule has 0 aliphatic carbocycles. The molecule has 2 N–H and O–H groups in total. The first-order valence-electron chi connectivity index (χ1n) is 6.03. The third kappa shape index (κ3) is 5.26. The van der Waals surface area contributed by atoms with Crippen molar-refractivity contribution in [2.45, 2.75) is 26.3 Å². The first-order valence-corrected chi connectivity index (χ1v) is 7.93. The van der Waals surface area contributed by atoms with Crippen LogP contribution in [0.2, 0.25) is 0 Å². The molecule has 20 heavy (non-hydrogen) atoms. The number of hydrogen-bond donors (Lipinski definition) is 2. The molecule has 0 fully saturated rings. The van der Waals surface area contributed by atoms with Crippen molar-refractivity contribution in [3.8, 4) is 0 Å². The predicted octanol–water partition coefficient (Wildman–Crippen LogP) is 1.19. The third-order valence-corrected chi connectivity index (χ3v) is 3.50. The van der Waals surface area contributed by atoms with Gasteiger partial charge in [-0.3, -0.25) is 4.79 Å². The van der Waals surface area contributed by atoms with E-state index in [9.17, 15) is 17.6 Å². The SMILES string of the molecule is Cc1cc(C(=O)NCC(C)(C)NS(C)(=O)=O)ccc1F. The summed E-state index contributed by atoms with van der Waals surface area (Å²) in [5.41, 5.74) is -0.0941. The molecular weight excluding hydrogens is 283 g/mol. The van der Waals surface area contributed by atoms with Crippen LogP contribution in [0.3, 0.4) is 0 Å². The number of benzene rings is 1. The molecule has 1 amide bonds. The van der Waals surface area contributed by atoms with Crippen LogP contribution in [0.15, 0.2) is 18.2 Å². The molecule has 0 bridgehead atoms. The summed E-state index contributed by atoms with van der Waals surface area (Å²) in [6, 6.07) is 4.06. The average molecular weight is 302 g/mol. The number of rotatable bonds is 5. The Labute approximate surface area is 118 Å². The molecule has 0 aromatic heterocycles. The fourth-order valence-corrected chi connectivity index (χ4v) is 2.80. The Bertz CT molecular complexity index is 612. The number of carbonyl (C=O) groups excluding carboxylic acids is 1. The number of amides is 1. The Balaban J connectivity index is 2.69. The van der Waals surface area contributed by atoms with Crippen molar-refractivity contribution < 1.29 is 17.6 Å². The summed E-state index contributed by atoms with van der Waals surface area (Å²) < 4.78 is 37.9. The second kappa shape index (κ2) is 5.88. The number of aryl methyl sites for hydroxylation is 1. The summed E-state index contributed by atoms with van der Waals surface area (Å²) in [5, 5.41) is 2.62. The highest BCUT2D eigenvalue weighted by Crippen LogP contribution is 2.09. The largest absolute Gasteiger partial charge is 0.350 e. The Morgan fingerprint density at radius 1 is 1.35 bits per heavy atom. The predicted molar refractivity (Wildman–Crippen MR) is 75.5 cm³/mol. The van der Waals surface area contributed by atoms with Gasteiger partial charge in [0, 0.05) is 17.6 Å². The van der Waals surface area contributed by atoms with Gasteiger partial charge in [-0.1, -0.05) is 0 Å². The van der Waals surface area contributed by atoms with Gasteiger partial charge >= 0.3 is 0 Å². The van der Waals surface area contributed by atoms with Crippen molar-refractivity contribution in [2.75, 3.05) is 12.8 Å². The second-order valence-electron chi connectivity index (χ2n) is 5.40. The van der Waals surface area contributed by atoms with E-state index in [4.69, 9.17) is 0 Å². The lowest BCUT2D eigenvalue weighted by molar-refractivity contribution is 0.0944. The van der Waals surface area contributed by atoms with Crippen molar-refractivity contribution >= 4 is 15.9 Å². The molecule has 0 aliphatic rings. The van der Waals surface area contributed by atoms with Crippen molar-refractivity contribution in [2.24, 2.45) is 0 Å². The zero-order chi connectivity index (χ0) is 15.6. The first kappa shape index (κ1) is 16.6. The minimum absolute atomic E-state index is 0.120. The molecule has 0 heterocycles. The number of nitrogens with one attached hydrogen (secondary N) is 2. The fraction of sp³-hybridized carbons (Fsp3) is 0.462. The molecule has 0 unspecified atom stereocenters. The van der Waals surface area contributed by atoms with Crippen LogP contribution in [-0.4, -0.2) is 32.7 Å². The van der Waals surface area contributed by atoms with Crippen LogP contribution in [0.4, 0.5) is 4.39 Å². The number of sulfonamides is 1. The molecule has 1 aromatic rings. The van der Waals surface area contributed by atoms with Crippen LogP contribution in [-0.2, 0) is 10.0 Å². The lowest BCUT2D eigenvalue weighted by Crippen LogP contribution is -2.51. The van der Waals surface area contributed by atoms with Gasteiger partial charge in [0.25, 0.3) is 5.91 Å². The Kier molecular flexibility index (Phi) is 4.88. The molecule has 1 rings (SSSR count). The average Bonchev–Trinajstić information content (AvgIpc) is 2.26. The molecule has 0 spiro atoms. The normalized spacial score (nSPS) is 12.2. The highest BCUT2D eigenvalue weighted by atomic mass is 32.2. The summed E-state index contributed by atoms with van der Waals surface area (Å²) in [4.78, 5) is 11.9. The third-order valence-electron chi connectivity index (χ3n) is 2.57. The monoisotopic (exact) mass is 302 g/mol. The summed E-state index contributed by atoms with van der Waals surface area (Å²) in [7, 11) is -3.36. The van der Waals surface area contributed by atoms with E-state index in [-0.39, 0.29) is 18.3 Å². The van der Waals surface area contributed by atoms with Crippen molar-refractivity contribution in [1.82, 2.24) is 10.0 Å². The van der Waals surface area contributed by atoms with Gasteiger partial charge in [-0.25, -0.2) is 17.5 Å². The van der Waals surface area contributed by atoms with E-state index in [0.717, 1.165) is 6.26 Å². The molecule has 5 nitrogen and oxygen atoms in total. The van der Waals surface area contributed by atoms with Crippen LogP contribution in [0, 0.1) is 12.7 Å². The second-order valence-corrected chi connectivity index (χ2v) is 7.15. The smallest absolute Gasteiger partial charge is 0.251 e. The molecular formula is C13H19FN2O3S.